The second-order valence-corrected chi connectivity index (χ2v) is 4.80. The van der Waals surface area contributed by atoms with E-state index in [1.54, 1.807) is 0 Å². The lowest BCUT2D eigenvalue weighted by atomic mass is 10.1. The standard InChI is InChI=1S/C13H16N2O2/c1-13(9-17-7-6-14-13)15-8-10-4-2-3-5-11(10)12(15)16/h2-5,14H,6-9H2,1H3. The maximum atomic E-state index is 12.3. The molecule has 2 heterocycles. The Bertz CT molecular complexity index is 452. The van der Waals surface area contributed by atoms with Gasteiger partial charge in [0.25, 0.3) is 5.91 Å². The summed E-state index contributed by atoms with van der Waals surface area (Å²) < 4.78 is 5.49. The lowest BCUT2D eigenvalue weighted by molar-refractivity contribution is -0.0404. The maximum absolute atomic E-state index is 12.3. The Labute approximate surface area is 101 Å². The minimum Gasteiger partial charge on any atom is -0.376 e. The molecule has 0 radical (unpaired) electrons. The average molecular weight is 232 g/mol. The Morgan fingerprint density at radius 3 is 2.94 bits per heavy atom. The van der Waals surface area contributed by atoms with Gasteiger partial charge in [0, 0.05) is 18.7 Å². The van der Waals surface area contributed by atoms with Crippen molar-refractivity contribution in [1.29, 1.82) is 0 Å². The molecular weight excluding hydrogens is 216 g/mol. The van der Waals surface area contributed by atoms with Crippen molar-refractivity contribution in [1.82, 2.24) is 10.2 Å². The molecular formula is C13H16N2O2. The van der Waals surface area contributed by atoms with Crippen LogP contribution in [0.5, 0.6) is 0 Å². The molecule has 1 fully saturated rings. The van der Waals surface area contributed by atoms with E-state index >= 15 is 0 Å². The number of carbonyl (C=O) groups is 1. The molecule has 4 heteroatoms. The average Bonchev–Trinajstić information content (AvgIpc) is 2.69. The van der Waals surface area contributed by atoms with E-state index < -0.39 is 0 Å². The van der Waals surface area contributed by atoms with Crippen molar-refractivity contribution in [2.45, 2.75) is 19.1 Å². The van der Waals surface area contributed by atoms with Crippen molar-refractivity contribution in [3.8, 4) is 0 Å². The van der Waals surface area contributed by atoms with Gasteiger partial charge in [-0.25, -0.2) is 0 Å². The van der Waals surface area contributed by atoms with Crippen LogP contribution in [0, 0.1) is 0 Å². The van der Waals surface area contributed by atoms with E-state index in [1.807, 2.05) is 36.1 Å². The molecule has 17 heavy (non-hydrogen) atoms. The Kier molecular flexibility index (Phi) is 2.42. The predicted octanol–water partition coefficient (Wildman–Crippen LogP) is 0.978. The number of amides is 1. The molecule has 2 aliphatic heterocycles. The van der Waals surface area contributed by atoms with Gasteiger partial charge in [-0.15, -0.1) is 0 Å². The molecule has 0 bridgehead atoms. The molecule has 0 spiro atoms. The van der Waals surface area contributed by atoms with Crippen LogP contribution in [0.4, 0.5) is 0 Å². The number of fused-ring (bicyclic) bond motifs is 1. The first-order valence-electron chi connectivity index (χ1n) is 5.93. The first-order chi connectivity index (χ1) is 8.21. The van der Waals surface area contributed by atoms with Gasteiger partial charge in [-0.1, -0.05) is 18.2 Å². The number of nitrogens with one attached hydrogen (secondary N) is 1. The first kappa shape index (κ1) is 10.7. The number of morpholine rings is 1. The van der Waals surface area contributed by atoms with Crippen LogP contribution in [-0.4, -0.2) is 36.2 Å². The van der Waals surface area contributed by atoms with Gasteiger partial charge in [0.05, 0.1) is 13.2 Å². The fourth-order valence-electron chi connectivity index (χ4n) is 2.54. The SMILES string of the molecule is CC1(N2Cc3ccccc3C2=O)COCCN1. The van der Waals surface area contributed by atoms with Crippen LogP contribution in [0.1, 0.15) is 22.8 Å². The summed E-state index contributed by atoms with van der Waals surface area (Å²) >= 11 is 0. The third-order valence-electron chi connectivity index (χ3n) is 3.55. The number of hydrogen-bond acceptors (Lipinski definition) is 3. The largest absolute Gasteiger partial charge is 0.376 e. The normalized spacial score (nSPS) is 28.3. The van der Waals surface area contributed by atoms with Gasteiger partial charge in [-0.05, 0) is 18.6 Å². The summed E-state index contributed by atoms with van der Waals surface area (Å²) in [7, 11) is 0. The van der Waals surface area contributed by atoms with Crippen molar-refractivity contribution in [2.24, 2.45) is 0 Å². The van der Waals surface area contributed by atoms with E-state index in [0.29, 0.717) is 19.8 Å². The molecule has 0 aliphatic carbocycles. The summed E-state index contributed by atoms with van der Waals surface area (Å²) in [5.41, 5.74) is 1.54. The van der Waals surface area contributed by atoms with E-state index in [0.717, 1.165) is 17.7 Å². The summed E-state index contributed by atoms with van der Waals surface area (Å²) in [6.07, 6.45) is 0. The van der Waals surface area contributed by atoms with Gasteiger partial charge in [0.2, 0.25) is 0 Å². The summed E-state index contributed by atoms with van der Waals surface area (Å²) in [6, 6.07) is 7.79. The molecule has 1 amide bonds. The molecule has 3 rings (SSSR count). The monoisotopic (exact) mass is 232 g/mol. The second-order valence-electron chi connectivity index (χ2n) is 4.80. The van der Waals surface area contributed by atoms with Crippen molar-refractivity contribution >= 4 is 5.91 Å². The topological polar surface area (TPSA) is 41.6 Å². The molecule has 1 aromatic rings. The quantitative estimate of drug-likeness (QED) is 0.784. The van der Waals surface area contributed by atoms with E-state index in [9.17, 15) is 4.79 Å². The van der Waals surface area contributed by atoms with Gasteiger partial charge >= 0.3 is 0 Å². The zero-order valence-corrected chi connectivity index (χ0v) is 9.90. The van der Waals surface area contributed by atoms with Gasteiger partial charge in [0.1, 0.15) is 5.66 Å². The summed E-state index contributed by atoms with van der Waals surface area (Å²) in [5.74, 6) is 0.0982. The number of nitrogens with zero attached hydrogens (tertiary/aromatic N) is 1. The first-order valence-corrected chi connectivity index (χ1v) is 5.93. The summed E-state index contributed by atoms with van der Waals surface area (Å²) in [4.78, 5) is 14.2. The van der Waals surface area contributed by atoms with Gasteiger partial charge in [0.15, 0.2) is 0 Å². The summed E-state index contributed by atoms with van der Waals surface area (Å²) in [5, 5.41) is 3.38. The van der Waals surface area contributed by atoms with Crippen molar-refractivity contribution in [3.63, 3.8) is 0 Å². The number of carbonyl (C=O) groups excluding carboxylic acids is 1. The van der Waals surface area contributed by atoms with Crippen molar-refractivity contribution in [2.75, 3.05) is 19.8 Å². The lowest BCUT2D eigenvalue weighted by Gasteiger charge is -2.42. The molecule has 1 aromatic carbocycles. The molecule has 0 saturated carbocycles. The summed E-state index contributed by atoms with van der Waals surface area (Å²) in [6.45, 7) is 4.74. The Balaban J connectivity index is 1.90. The van der Waals surface area contributed by atoms with Crippen LogP contribution in [0.2, 0.25) is 0 Å². The predicted molar refractivity (Wildman–Crippen MR) is 63.5 cm³/mol. The van der Waals surface area contributed by atoms with Crippen molar-refractivity contribution < 1.29 is 9.53 Å². The third kappa shape index (κ3) is 1.64. The molecule has 1 N–H and O–H groups in total. The molecule has 1 unspecified atom stereocenters. The van der Waals surface area contributed by atoms with Gasteiger partial charge in [-0.2, -0.15) is 0 Å². The zero-order chi connectivity index (χ0) is 11.9. The highest BCUT2D eigenvalue weighted by Gasteiger charge is 2.41. The minimum atomic E-state index is -0.381. The fraction of sp³-hybridized carbons (Fsp3) is 0.462. The zero-order valence-electron chi connectivity index (χ0n) is 9.90. The Morgan fingerprint density at radius 2 is 2.24 bits per heavy atom. The molecule has 4 nitrogen and oxygen atoms in total. The lowest BCUT2D eigenvalue weighted by Crippen LogP contribution is -2.63. The van der Waals surface area contributed by atoms with E-state index in [2.05, 4.69) is 5.32 Å². The van der Waals surface area contributed by atoms with Crippen LogP contribution in [-0.2, 0) is 11.3 Å². The molecule has 0 aromatic heterocycles. The van der Waals surface area contributed by atoms with Crippen LogP contribution < -0.4 is 5.32 Å². The second kappa shape index (κ2) is 3.82. The maximum Gasteiger partial charge on any atom is 0.256 e. The number of ether oxygens (including phenoxy) is 1. The smallest absolute Gasteiger partial charge is 0.256 e. The highest BCUT2D eigenvalue weighted by atomic mass is 16.5. The molecule has 90 valence electrons. The number of benzene rings is 1. The molecule has 1 atom stereocenters. The fourth-order valence-corrected chi connectivity index (χ4v) is 2.54. The van der Waals surface area contributed by atoms with Crippen LogP contribution in [0.15, 0.2) is 24.3 Å². The number of hydrogen-bond donors (Lipinski definition) is 1. The minimum absolute atomic E-state index is 0.0982. The third-order valence-corrected chi connectivity index (χ3v) is 3.55. The van der Waals surface area contributed by atoms with Crippen LogP contribution >= 0.6 is 0 Å². The Hall–Kier alpha value is -1.39. The highest BCUT2D eigenvalue weighted by molar-refractivity contribution is 5.98. The van der Waals surface area contributed by atoms with E-state index in [1.165, 1.54) is 0 Å². The van der Waals surface area contributed by atoms with E-state index in [-0.39, 0.29) is 11.6 Å². The molecule has 2 aliphatic rings. The number of rotatable bonds is 1. The van der Waals surface area contributed by atoms with Gasteiger partial charge in [-0.3, -0.25) is 10.1 Å². The highest BCUT2D eigenvalue weighted by Crippen LogP contribution is 2.28. The van der Waals surface area contributed by atoms with Crippen molar-refractivity contribution in [3.05, 3.63) is 35.4 Å². The Morgan fingerprint density at radius 1 is 1.41 bits per heavy atom. The van der Waals surface area contributed by atoms with Crippen LogP contribution in [0.25, 0.3) is 0 Å². The van der Waals surface area contributed by atoms with Gasteiger partial charge < -0.3 is 9.64 Å². The molecule has 1 saturated heterocycles. The van der Waals surface area contributed by atoms with Crippen LogP contribution in [0.3, 0.4) is 0 Å². The van der Waals surface area contributed by atoms with E-state index in [4.69, 9.17) is 4.74 Å².